The second kappa shape index (κ2) is 6.57. The summed E-state index contributed by atoms with van der Waals surface area (Å²) in [6.45, 7) is 6.86. The summed E-state index contributed by atoms with van der Waals surface area (Å²) >= 11 is 0. The van der Waals surface area contributed by atoms with Gasteiger partial charge in [0.25, 0.3) is 11.5 Å². The molecule has 0 radical (unpaired) electrons. The predicted molar refractivity (Wildman–Crippen MR) is 100 cm³/mol. The quantitative estimate of drug-likeness (QED) is 0.712. The molecule has 1 aliphatic rings. The summed E-state index contributed by atoms with van der Waals surface area (Å²) in [7, 11) is 0. The Labute approximate surface area is 156 Å². The van der Waals surface area contributed by atoms with E-state index >= 15 is 0 Å². The molecule has 1 amide bonds. The molecule has 0 aromatic carbocycles. The van der Waals surface area contributed by atoms with E-state index in [0.29, 0.717) is 24.7 Å². The van der Waals surface area contributed by atoms with Crippen molar-refractivity contribution in [2.75, 3.05) is 0 Å². The van der Waals surface area contributed by atoms with Crippen molar-refractivity contribution < 1.29 is 4.79 Å². The molecule has 0 unspecified atom stereocenters. The zero-order valence-electron chi connectivity index (χ0n) is 15.6. The van der Waals surface area contributed by atoms with Crippen LogP contribution in [0.15, 0.2) is 35.4 Å². The van der Waals surface area contributed by atoms with Crippen LogP contribution < -0.4 is 5.56 Å². The van der Waals surface area contributed by atoms with E-state index in [-0.39, 0.29) is 17.0 Å². The molecule has 0 N–H and O–H groups in total. The summed E-state index contributed by atoms with van der Waals surface area (Å²) in [5, 5.41) is 0. The Balaban J connectivity index is 1.64. The molecule has 0 atom stereocenters. The Morgan fingerprint density at radius 3 is 2.78 bits per heavy atom. The van der Waals surface area contributed by atoms with Crippen LogP contribution in [0.25, 0.3) is 5.65 Å². The van der Waals surface area contributed by atoms with Crippen molar-refractivity contribution in [2.24, 2.45) is 5.92 Å². The first-order valence-electron chi connectivity index (χ1n) is 9.04. The average Bonchev–Trinajstić information content (AvgIpc) is 3.04. The minimum absolute atomic E-state index is 0.0740. The van der Waals surface area contributed by atoms with E-state index in [1.54, 1.807) is 17.2 Å². The maximum Gasteiger partial charge on any atom is 0.270 e. The van der Waals surface area contributed by atoms with Gasteiger partial charge in [-0.25, -0.2) is 15.0 Å². The summed E-state index contributed by atoms with van der Waals surface area (Å²) in [5.41, 5.74) is 2.80. The molecular formula is C20H21N5O2. The Kier molecular flexibility index (Phi) is 4.22. The first kappa shape index (κ1) is 17.3. The summed E-state index contributed by atoms with van der Waals surface area (Å²) < 4.78 is 1.47. The van der Waals surface area contributed by atoms with Gasteiger partial charge in [-0.05, 0) is 25.0 Å². The lowest BCUT2D eigenvalue weighted by Gasteiger charge is -2.15. The predicted octanol–water partition coefficient (Wildman–Crippen LogP) is 2.15. The summed E-state index contributed by atoms with van der Waals surface area (Å²) in [4.78, 5) is 40.7. The lowest BCUT2D eigenvalue weighted by Crippen LogP contribution is -2.33. The molecule has 3 aromatic heterocycles. The molecule has 27 heavy (non-hydrogen) atoms. The maximum atomic E-state index is 13.0. The topological polar surface area (TPSA) is 80.5 Å². The van der Waals surface area contributed by atoms with E-state index in [1.807, 2.05) is 19.1 Å². The van der Waals surface area contributed by atoms with Gasteiger partial charge in [-0.1, -0.05) is 19.9 Å². The molecule has 0 bridgehead atoms. The summed E-state index contributed by atoms with van der Waals surface area (Å²) in [5.74, 6) is 0.934. The molecule has 0 spiro atoms. The lowest BCUT2D eigenvalue weighted by molar-refractivity contribution is 0.0748. The molecular weight excluding hydrogens is 342 g/mol. The number of hydrogen-bond donors (Lipinski definition) is 0. The fraction of sp³-hybridized carbons (Fsp3) is 0.350. The lowest BCUT2D eigenvalue weighted by atomic mass is 10.1. The van der Waals surface area contributed by atoms with E-state index in [0.717, 1.165) is 29.2 Å². The number of nitrogens with zero attached hydrogens (tertiary/aromatic N) is 5. The highest BCUT2D eigenvalue weighted by molar-refractivity contribution is 5.94. The fourth-order valence-electron chi connectivity index (χ4n) is 3.39. The van der Waals surface area contributed by atoms with Crippen LogP contribution in [-0.4, -0.2) is 30.2 Å². The SMILES string of the molecule is Cc1cccc2ncc(C(=O)N3Cc4cnc(CC(C)C)nc4C3)c(=O)n12. The monoisotopic (exact) mass is 363 g/mol. The van der Waals surface area contributed by atoms with Gasteiger partial charge in [-0.2, -0.15) is 0 Å². The van der Waals surface area contributed by atoms with Crippen molar-refractivity contribution in [1.82, 2.24) is 24.3 Å². The van der Waals surface area contributed by atoms with E-state index in [1.165, 1.54) is 10.6 Å². The molecule has 3 aromatic rings. The van der Waals surface area contributed by atoms with Gasteiger partial charge in [-0.3, -0.25) is 14.0 Å². The number of carbonyl (C=O) groups excluding carboxylic acids is 1. The highest BCUT2D eigenvalue weighted by atomic mass is 16.2. The smallest absolute Gasteiger partial charge is 0.270 e. The van der Waals surface area contributed by atoms with Crippen LogP contribution >= 0.6 is 0 Å². The van der Waals surface area contributed by atoms with E-state index in [9.17, 15) is 9.59 Å². The first-order chi connectivity index (χ1) is 12.9. The van der Waals surface area contributed by atoms with Crippen LogP contribution in [0.3, 0.4) is 0 Å². The molecule has 1 aliphatic heterocycles. The largest absolute Gasteiger partial charge is 0.328 e. The van der Waals surface area contributed by atoms with Crippen LogP contribution in [0.1, 0.15) is 47.0 Å². The van der Waals surface area contributed by atoms with Crippen molar-refractivity contribution >= 4 is 11.6 Å². The van der Waals surface area contributed by atoms with Gasteiger partial charge in [0.1, 0.15) is 17.0 Å². The number of pyridine rings is 1. The zero-order valence-corrected chi connectivity index (χ0v) is 15.6. The van der Waals surface area contributed by atoms with Crippen molar-refractivity contribution in [1.29, 1.82) is 0 Å². The van der Waals surface area contributed by atoms with E-state index < -0.39 is 0 Å². The number of rotatable bonds is 3. The minimum Gasteiger partial charge on any atom is -0.328 e. The van der Waals surface area contributed by atoms with Crippen LogP contribution in [-0.2, 0) is 19.5 Å². The van der Waals surface area contributed by atoms with Gasteiger partial charge in [0, 0.05) is 36.6 Å². The molecule has 0 saturated heterocycles. The van der Waals surface area contributed by atoms with Crippen LogP contribution in [0.4, 0.5) is 0 Å². The molecule has 7 heteroatoms. The van der Waals surface area contributed by atoms with Gasteiger partial charge in [-0.15, -0.1) is 0 Å². The molecule has 138 valence electrons. The third-order valence-electron chi connectivity index (χ3n) is 4.74. The van der Waals surface area contributed by atoms with Gasteiger partial charge in [0.15, 0.2) is 0 Å². The molecule has 4 heterocycles. The standard InChI is InChI=1S/C20H21N5O2/c1-12(2)7-17-21-8-14-10-24(11-16(14)23-17)19(26)15-9-22-18-6-4-5-13(3)25(18)20(15)27/h4-6,8-9,12H,7,10-11H2,1-3H3. The number of aromatic nitrogens is 4. The normalized spacial score (nSPS) is 13.4. The molecule has 0 fully saturated rings. The van der Waals surface area contributed by atoms with Gasteiger partial charge < -0.3 is 4.90 Å². The summed E-state index contributed by atoms with van der Waals surface area (Å²) in [6, 6.07) is 5.41. The van der Waals surface area contributed by atoms with Gasteiger partial charge in [0.05, 0.1) is 12.2 Å². The number of aryl methyl sites for hydroxylation is 1. The first-order valence-corrected chi connectivity index (χ1v) is 9.04. The number of amides is 1. The van der Waals surface area contributed by atoms with Crippen LogP contribution in [0, 0.1) is 12.8 Å². The average molecular weight is 363 g/mol. The Bertz CT molecular complexity index is 1100. The molecule has 4 rings (SSSR count). The van der Waals surface area contributed by atoms with Crippen molar-refractivity contribution in [3.63, 3.8) is 0 Å². The van der Waals surface area contributed by atoms with Crippen molar-refractivity contribution in [3.05, 3.63) is 69.3 Å². The van der Waals surface area contributed by atoms with E-state index in [2.05, 4.69) is 28.8 Å². The van der Waals surface area contributed by atoms with E-state index in [4.69, 9.17) is 0 Å². The fourth-order valence-corrected chi connectivity index (χ4v) is 3.39. The van der Waals surface area contributed by atoms with Crippen molar-refractivity contribution in [3.8, 4) is 0 Å². The highest BCUT2D eigenvalue weighted by Gasteiger charge is 2.28. The number of hydrogen-bond acceptors (Lipinski definition) is 5. The molecule has 7 nitrogen and oxygen atoms in total. The number of carbonyl (C=O) groups is 1. The third-order valence-corrected chi connectivity index (χ3v) is 4.74. The maximum absolute atomic E-state index is 13.0. The molecule has 0 aliphatic carbocycles. The van der Waals surface area contributed by atoms with Crippen LogP contribution in [0.2, 0.25) is 0 Å². The molecule has 0 saturated carbocycles. The zero-order chi connectivity index (χ0) is 19.1. The third kappa shape index (κ3) is 3.09. The summed E-state index contributed by atoms with van der Waals surface area (Å²) in [6.07, 6.45) is 3.97. The van der Waals surface area contributed by atoms with Gasteiger partial charge >= 0.3 is 0 Å². The van der Waals surface area contributed by atoms with Crippen molar-refractivity contribution in [2.45, 2.75) is 40.3 Å². The van der Waals surface area contributed by atoms with Crippen LogP contribution in [0.5, 0.6) is 0 Å². The number of fused-ring (bicyclic) bond motifs is 2. The van der Waals surface area contributed by atoms with Gasteiger partial charge in [0.2, 0.25) is 0 Å². The minimum atomic E-state index is -0.342. The second-order valence-electron chi connectivity index (χ2n) is 7.36. The Morgan fingerprint density at radius 2 is 2.00 bits per heavy atom. The highest BCUT2D eigenvalue weighted by Crippen LogP contribution is 2.22. The Hall–Kier alpha value is -3.09. The Morgan fingerprint density at radius 1 is 1.19 bits per heavy atom. The second-order valence-corrected chi connectivity index (χ2v) is 7.36.